The smallest absolute Gasteiger partial charge is 0.243 e. The first-order valence-corrected chi connectivity index (χ1v) is 10.3. The molecule has 134 valence electrons. The minimum absolute atomic E-state index is 0.0902. The Morgan fingerprint density at radius 3 is 2.24 bits per heavy atom. The minimum atomic E-state index is -3.46. The van der Waals surface area contributed by atoms with Crippen molar-refractivity contribution in [1.29, 1.82) is 0 Å². The maximum absolute atomic E-state index is 12.8. The molecule has 0 radical (unpaired) electrons. The van der Waals surface area contributed by atoms with Gasteiger partial charge in [-0.25, -0.2) is 8.42 Å². The number of nitrogens with zero attached hydrogens (tertiary/aromatic N) is 2. The first kappa shape index (κ1) is 18.2. The average molecular weight is 425 g/mol. The van der Waals surface area contributed by atoms with Gasteiger partial charge < -0.3 is 9.64 Å². The number of rotatable bonds is 4. The Labute approximate surface area is 157 Å². The Balaban J connectivity index is 1.75. The predicted molar refractivity (Wildman–Crippen MR) is 103 cm³/mol. The largest absolute Gasteiger partial charge is 0.497 e. The molecule has 0 bridgehead atoms. The molecule has 1 aliphatic heterocycles. The van der Waals surface area contributed by atoms with Crippen LogP contribution in [0, 0.1) is 0 Å². The molecule has 0 spiro atoms. The zero-order valence-electron chi connectivity index (χ0n) is 14.2. The van der Waals surface area contributed by atoms with E-state index in [0.29, 0.717) is 24.5 Å². The van der Waals surface area contributed by atoms with Crippen molar-refractivity contribution in [3.63, 3.8) is 0 Å². The van der Waals surface area contributed by atoms with Crippen LogP contribution in [-0.2, 0) is 10.0 Å². The summed E-state index contributed by atoms with van der Waals surface area (Å²) < 4.78 is 33.3. The van der Waals surface area contributed by atoms with Crippen LogP contribution < -0.4 is 9.64 Å². The predicted octanol–water partition coefficient (Wildman–Crippen LogP) is 3.36. The number of halogens is 1. The summed E-state index contributed by atoms with van der Waals surface area (Å²) in [6, 6.07) is 14.7. The van der Waals surface area contributed by atoms with Crippen LogP contribution in [-0.4, -0.2) is 45.5 Å². The zero-order chi connectivity index (χ0) is 18.0. The van der Waals surface area contributed by atoms with Gasteiger partial charge in [0, 0.05) is 35.8 Å². The van der Waals surface area contributed by atoms with Crippen molar-refractivity contribution >= 4 is 31.6 Å². The molecule has 7 heteroatoms. The third-order valence-electron chi connectivity index (χ3n) is 4.45. The number of piperazine rings is 1. The van der Waals surface area contributed by atoms with Gasteiger partial charge in [0.2, 0.25) is 10.0 Å². The summed E-state index contributed by atoms with van der Waals surface area (Å²) in [5.41, 5.74) is 1.08. The van der Waals surface area contributed by atoms with Crippen molar-refractivity contribution in [2.24, 2.45) is 0 Å². The standard InChI is InChI=1S/C18H21BrN2O3S/c1-14-13-20(25(22,23)18-9-3-15(19)4-10-18)11-12-21(14)16-5-7-17(24-2)8-6-16/h3-10,14H,11-13H2,1-2H3. The molecule has 2 aromatic rings. The SMILES string of the molecule is COc1ccc(N2CCN(S(=O)(=O)c3ccc(Br)cc3)CC2C)cc1. The average Bonchev–Trinajstić information content (AvgIpc) is 2.62. The van der Waals surface area contributed by atoms with Crippen LogP contribution in [0.25, 0.3) is 0 Å². The van der Waals surface area contributed by atoms with E-state index in [2.05, 4.69) is 20.8 Å². The summed E-state index contributed by atoms with van der Waals surface area (Å²) in [6.45, 7) is 3.63. The summed E-state index contributed by atoms with van der Waals surface area (Å²) in [7, 11) is -1.82. The van der Waals surface area contributed by atoms with Gasteiger partial charge in [-0.2, -0.15) is 4.31 Å². The Hall–Kier alpha value is -1.57. The molecular formula is C18H21BrN2O3S. The number of ether oxygens (including phenoxy) is 1. The van der Waals surface area contributed by atoms with E-state index in [9.17, 15) is 8.42 Å². The molecule has 1 fully saturated rings. The molecule has 0 N–H and O–H groups in total. The molecule has 1 unspecified atom stereocenters. The Bertz CT molecular complexity index is 822. The van der Waals surface area contributed by atoms with Crippen LogP contribution >= 0.6 is 15.9 Å². The number of hydrogen-bond donors (Lipinski definition) is 0. The molecule has 2 aromatic carbocycles. The summed E-state index contributed by atoms with van der Waals surface area (Å²) in [5, 5.41) is 0. The van der Waals surface area contributed by atoms with Crippen LogP contribution in [0.5, 0.6) is 5.75 Å². The van der Waals surface area contributed by atoms with E-state index in [-0.39, 0.29) is 6.04 Å². The topological polar surface area (TPSA) is 49.9 Å². The first-order chi connectivity index (χ1) is 11.9. The fourth-order valence-electron chi connectivity index (χ4n) is 3.06. The molecule has 1 saturated heterocycles. The highest BCUT2D eigenvalue weighted by atomic mass is 79.9. The van der Waals surface area contributed by atoms with Crippen molar-refractivity contribution in [1.82, 2.24) is 4.31 Å². The van der Waals surface area contributed by atoms with E-state index in [1.165, 1.54) is 0 Å². The van der Waals surface area contributed by atoms with Gasteiger partial charge >= 0.3 is 0 Å². The van der Waals surface area contributed by atoms with Crippen molar-refractivity contribution in [2.45, 2.75) is 17.9 Å². The van der Waals surface area contributed by atoms with Crippen LogP contribution in [0.2, 0.25) is 0 Å². The number of methoxy groups -OCH3 is 1. The Kier molecular flexibility index (Phi) is 5.36. The highest BCUT2D eigenvalue weighted by Gasteiger charge is 2.32. The molecule has 0 aliphatic carbocycles. The quantitative estimate of drug-likeness (QED) is 0.754. The van der Waals surface area contributed by atoms with E-state index < -0.39 is 10.0 Å². The summed E-state index contributed by atoms with van der Waals surface area (Å²) in [5.74, 6) is 0.813. The molecule has 0 amide bonds. The number of hydrogen-bond acceptors (Lipinski definition) is 4. The van der Waals surface area contributed by atoms with Gasteiger partial charge in [0.15, 0.2) is 0 Å². The zero-order valence-corrected chi connectivity index (χ0v) is 16.6. The molecule has 25 heavy (non-hydrogen) atoms. The van der Waals surface area contributed by atoms with Gasteiger partial charge in [-0.05, 0) is 55.5 Å². The van der Waals surface area contributed by atoms with Crippen LogP contribution in [0.15, 0.2) is 57.9 Å². The maximum atomic E-state index is 12.8. The van der Waals surface area contributed by atoms with E-state index in [1.54, 1.807) is 35.7 Å². The molecule has 1 aliphatic rings. The number of sulfonamides is 1. The van der Waals surface area contributed by atoms with Gasteiger partial charge in [0.1, 0.15) is 5.75 Å². The third kappa shape index (κ3) is 3.83. The fraction of sp³-hybridized carbons (Fsp3) is 0.333. The van der Waals surface area contributed by atoms with Gasteiger partial charge in [-0.15, -0.1) is 0 Å². The van der Waals surface area contributed by atoms with Crippen LogP contribution in [0.1, 0.15) is 6.92 Å². The van der Waals surface area contributed by atoms with Gasteiger partial charge in [-0.1, -0.05) is 15.9 Å². The second-order valence-electron chi connectivity index (χ2n) is 6.06. The van der Waals surface area contributed by atoms with Crippen molar-refractivity contribution in [3.05, 3.63) is 53.0 Å². The van der Waals surface area contributed by atoms with E-state index in [1.807, 2.05) is 31.2 Å². The molecule has 3 rings (SSSR count). The number of benzene rings is 2. The number of anilines is 1. The maximum Gasteiger partial charge on any atom is 0.243 e. The van der Waals surface area contributed by atoms with E-state index in [4.69, 9.17) is 4.74 Å². The normalized spacial score (nSPS) is 19.0. The van der Waals surface area contributed by atoms with Gasteiger partial charge in [-0.3, -0.25) is 0 Å². The van der Waals surface area contributed by atoms with Crippen molar-refractivity contribution in [3.8, 4) is 5.75 Å². The van der Waals surface area contributed by atoms with Crippen molar-refractivity contribution < 1.29 is 13.2 Å². The molecule has 5 nitrogen and oxygen atoms in total. The highest BCUT2D eigenvalue weighted by molar-refractivity contribution is 9.10. The monoisotopic (exact) mass is 424 g/mol. The Morgan fingerprint density at radius 1 is 1.04 bits per heavy atom. The van der Waals surface area contributed by atoms with Gasteiger partial charge in [0.05, 0.1) is 12.0 Å². The molecule has 0 aromatic heterocycles. The Morgan fingerprint density at radius 2 is 1.68 bits per heavy atom. The van der Waals surface area contributed by atoms with Gasteiger partial charge in [0.25, 0.3) is 0 Å². The molecular weight excluding hydrogens is 404 g/mol. The lowest BCUT2D eigenvalue weighted by Gasteiger charge is -2.40. The molecule has 1 atom stereocenters. The summed E-state index contributed by atoms with van der Waals surface area (Å²) in [4.78, 5) is 2.56. The molecule has 0 saturated carbocycles. The minimum Gasteiger partial charge on any atom is -0.497 e. The van der Waals surface area contributed by atoms with Crippen molar-refractivity contribution in [2.75, 3.05) is 31.6 Å². The van der Waals surface area contributed by atoms with E-state index >= 15 is 0 Å². The lowest BCUT2D eigenvalue weighted by molar-refractivity contribution is 0.342. The van der Waals surface area contributed by atoms with E-state index in [0.717, 1.165) is 15.9 Å². The lowest BCUT2D eigenvalue weighted by atomic mass is 10.2. The molecule has 1 heterocycles. The second kappa shape index (κ2) is 7.35. The second-order valence-corrected chi connectivity index (χ2v) is 8.91. The first-order valence-electron chi connectivity index (χ1n) is 8.08. The van der Waals surface area contributed by atoms with Crippen LogP contribution in [0.3, 0.4) is 0 Å². The van der Waals surface area contributed by atoms with Crippen LogP contribution in [0.4, 0.5) is 5.69 Å². The summed E-state index contributed by atoms with van der Waals surface area (Å²) in [6.07, 6.45) is 0. The third-order valence-corrected chi connectivity index (χ3v) is 6.85. The highest BCUT2D eigenvalue weighted by Crippen LogP contribution is 2.26. The summed E-state index contributed by atoms with van der Waals surface area (Å²) >= 11 is 3.34. The lowest BCUT2D eigenvalue weighted by Crippen LogP contribution is -2.53. The fourth-order valence-corrected chi connectivity index (χ4v) is 4.83.